The van der Waals surface area contributed by atoms with Crippen molar-refractivity contribution in [2.75, 3.05) is 0 Å². The molecule has 8 aliphatic heterocycles. The Morgan fingerprint density at radius 1 is 0.196 bits per heavy atom. The highest BCUT2D eigenvalue weighted by atomic mass is 16.8. The molecule has 0 aliphatic carbocycles. The number of rotatable bonds is 16. The van der Waals surface area contributed by atoms with Crippen LogP contribution in [0.4, 0.5) is 0 Å². The summed E-state index contributed by atoms with van der Waals surface area (Å²) in [5, 5.41) is 200. The summed E-state index contributed by atoms with van der Waals surface area (Å²) in [7, 11) is 0. The molecule has 544 valence electrons. The monoisotopic (exact) mass is 1340 g/mol. The zero-order valence-electron chi connectivity index (χ0n) is 54.6. The van der Waals surface area contributed by atoms with E-state index >= 15 is 0 Å². The molecule has 0 aromatic rings. The highest BCUT2D eigenvalue weighted by Gasteiger charge is 2.54. The first kappa shape index (κ1) is 81.4. The van der Waals surface area contributed by atoms with Crippen molar-refractivity contribution in [2.24, 2.45) is 23.7 Å². The van der Waals surface area contributed by atoms with Crippen LogP contribution in [0.15, 0.2) is 0 Å². The lowest BCUT2D eigenvalue weighted by Crippen LogP contribution is -2.62. The maximum atomic E-state index is 10.2. The zero-order chi connectivity index (χ0) is 69.2. The van der Waals surface area contributed by atoms with E-state index in [1.54, 1.807) is 55.4 Å². The molecule has 8 rings (SSSR count). The Balaban J connectivity index is 0.000000223. The smallest absolute Gasteiger partial charge is 0.187 e. The fourth-order valence-electron chi connectivity index (χ4n) is 12.9. The van der Waals surface area contributed by atoms with Crippen molar-refractivity contribution in [3.8, 4) is 0 Å². The van der Waals surface area contributed by atoms with Crippen LogP contribution in [0.3, 0.4) is 0 Å². The second kappa shape index (κ2) is 36.7. The summed E-state index contributed by atoms with van der Waals surface area (Å²) in [6.07, 6.45) is -35.2. The molecule has 8 aliphatic rings. The molecule has 8 saturated heterocycles. The Labute approximate surface area is 536 Å². The van der Waals surface area contributed by atoms with Gasteiger partial charge < -0.3 is 159 Å². The van der Waals surface area contributed by atoms with Crippen LogP contribution in [0.5, 0.6) is 0 Å². The molecule has 20 unspecified atom stereocenters. The molecule has 20 N–H and O–H groups in total. The lowest BCUT2D eigenvalue weighted by molar-refractivity contribution is -0.354. The van der Waals surface area contributed by atoms with Gasteiger partial charge in [-0.15, -0.1) is 0 Å². The minimum absolute atomic E-state index is 0.253. The number of hydrogen-bond donors (Lipinski definition) is 20. The van der Waals surface area contributed by atoms with Gasteiger partial charge in [0.2, 0.25) is 0 Å². The molecule has 32 heteroatoms. The van der Waals surface area contributed by atoms with Crippen LogP contribution >= 0.6 is 0 Å². The molecule has 0 bridgehead atoms. The highest BCUT2D eigenvalue weighted by Crippen LogP contribution is 2.38. The number of hydrogen-bond acceptors (Lipinski definition) is 32. The average Bonchev–Trinajstić information content (AvgIpc) is 0.872. The van der Waals surface area contributed by atoms with Crippen LogP contribution in [0.25, 0.3) is 0 Å². The number of aliphatic hydroxyl groups is 20. The van der Waals surface area contributed by atoms with E-state index in [0.29, 0.717) is 51.4 Å². The van der Waals surface area contributed by atoms with Crippen LogP contribution in [-0.4, -0.2) is 323 Å². The van der Waals surface area contributed by atoms with Crippen molar-refractivity contribution in [2.45, 2.75) is 356 Å². The number of aliphatic hydroxyl groups excluding tert-OH is 20. The molecule has 8 heterocycles. The lowest BCUT2D eigenvalue weighted by atomic mass is 9.89. The minimum Gasteiger partial charge on any atom is -0.390 e. The lowest BCUT2D eigenvalue weighted by Gasteiger charge is -2.46. The summed E-state index contributed by atoms with van der Waals surface area (Å²) in [5.41, 5.74) is 0. The first-order chi connectivity index (χ1) is 43.2. The molecule has 8 fully saturated rings. The molecular weight excluding hydrogens is 1230 g/mol. The van der Waals surface area contributed by atoms with E-state index in [-0.39, 0.29) is 48.1 Å². The fraction of sp³-hybridized carbons (Fsp3) is 1.00. The van der Waals surface area contributed by atoms with Crippen LogP contribution in [0.2, 0.25) is 0 Å². The van der Waals surface area contributed by atoms with Crippen molar-refractivity contribution in [1.29, 1.82) is 0 Å². The van der Waals surface area contributed by atoms with Crippen molar-refractivity contribution >= 4 is 0 Å². The van der Waals surface area contributed by atoms with E-state index in [1.165, 1.54) is 0 Å². The normalized spacial score (nSPS) is 51.7. The van der Waals surface area contributed by atoms with Crippen molar-refractivity contribution < 1.29 is 159 Å². The molecular formula is C60H112O32. The molecule has 0 aromatic carbocycles. The third-order valence-electron chi connectivity index (χ3n) is 19.3. The van der Waals surface area contributed by atoms with Gasteiger partial charge in [0, 0.05) is 23.7 Å². The topological polar surface area (TPSA) is 515 Å². The first-order valence-corrected chi connectivity index (χ1v) is 32.7. The standard InChI is InChI=1S/4C15H28O8/c3*1-4-7-6(3)9(16)12(19)15(22-7)23-13-8(5-2)21-14(20)11(18)10(13)17;1-4-7-6(3)9(16)12(19)15(22-7)23-13-11(18)10(17)8(5-2)21-14(13)20/h4*6-20H,4-5H2,1-3H3/t2*6-,7?,8?,9+,10-,11?,12?,13-,14?,15+;6-,7?,8?,9-,10+,11?,12?,13+,14?,15-;6-,7?,8?,9+,10-,11+,12?,13?,14?,15+/m1101/s1. The predicted octanol–water partition coefficient (Wildman–Crippen LogP) is -5.15. The largest absolute Gasteiger partial charge is 0.390 e. The van der Waals surface area contributed by atoms with E-state index in [2.05, 4.69) is 0 Å². The van der Waals surface area contributed by atoms with E-state index in [0.717, 1.165) is 0 Å². The third kappa shape index (κ3) is 18.8. The summed E-state index contributed by atoms with van der Waals surface area (Å²) in [4.78, 5) is 0. The Kier molecular flexibility index (Phi) is 32.5. The SMILES string of the molecule is CCC1OC(O)C(O)[C@@H](O)[C@@H]1O[C@@H]1OC(CC)[C@H](C)[C@H](O)C1O.CCC1O[C@@H](OC2C(O)OC(CC)[C@@H](O)[C@@H]2O)C(O)[C@@H](O)[C@@H]1C.CCC1O[C@@H](O[C@@H]2C(CC)OC(O)C(O)[C@H]2O)C(O)[C@@H](O)[C@@H]1C.CCC1O[C@@H](O[C@@H]2C(CC)OC(O)C(O)[C@H]2O)C(O)[C@@H](O)[C@@H]1C. The summed E-state index contributed by atoms with van der Waals surface area (Å²) in [5.74, 6) is -1.03. The predicted molar refractivity (Wildman–Crippen MR) is 313 cm³/mol. The highest BCUT2D eigenvalue weighted by molar-refractivity contribution is 4.97. The molecule has 0 radical (unpaired) electrons. The van der Waals surface area contributed by atoms with E-state index in [1.807, 2.05) is 27.7 Å². The van der Waals surface area contributed by atoms with Gasteiger partial charge in [0.05, 0.1) is 73.2 Å². The summed E-state index contributed by atoms with van der Waals surface area (Å²) in [6.45, 7) is 21.8. The molecule has 40 atom stereocenters. The van der Waals surface area contributed by atoms with Crippen LogP contribution < -0.4 is 0 Å². The van der Waals surface area contributed by atoms with E-state index in [4.69, 9.17) is 56.8 Å². The first-order valence-electron chi connectivity index (χ1n) is 32.7. The fourth-order valence-corrected chi connectivity index (χ4v) is 12.9. The molecule has 0 amide bonds. The van der Waals surface area contributed by atoms with Gasteiger partial charge in [-0.1, -0.05) is 83.1 Å². The van der Waals surface area contributed by atoms with Gasteiger partial charge in [0.15, 0.2) is 50.3 Å². The number of ether oxygens (including phenoxy) is 12. The van der Waals surface area contributed by atoms with Crippen molar-refractivity contribution in [3.05, 3.63) is 0 Å². The second-order valence-corrected chi connectivity index (χ2v) is 25.4. The van der Waals surface area contributed by atoms with Crippen LogP contribution in [-0.2, 0) is 56.8 Å². The van der Waals surface area contributed by atoms with Gasteiger partial charge in [-0.2, -0.15) is 0 Å². The summed E-state index contributed by atoms with van der Waals surface area (Å²) >= 11 is 0. The maximum Gasteiger partial charge on any atom is 0.187 e. The Hall–Kier alpha value is -1.28. The zero-order valence-corrected chi connectivity index (χ0v) is 54.6. The van der Waals surface area contributed by atoms with E-state index in [9.17, 15) is 102 Å². The molecule has 0 aromatic heterocycles. The average molecular weight is 1350 g/mol. The molecule has 32 nitrogen and oxygen atoms in total. The Morgan fingerprint density at radius 2 is 0.391 bits per heavy atom. The maximum absolute atomic E-state index is 10.2. The molecule has 0 saturated carbocycles. The van der Waals surface area contributed by atoms with Gasteiger partial charge >= 0.3 is 0 Å². The van der Waals surface area contributed by atoms with Crippen LogP contribution in [0.1, 0.15) is 134 Å². The van der Waals surface area contributed by atoms with Gasteiger partial charge in [-0.3, -0.25) is 0 Å². The summed E-state index contributed by atoms with van der Waals surface area (Å²) < 4.78 is 66.0. The second-order valence-electron chi connectivity index (χ2n) is 25.4. The van der Waals surface area contributed by atoms with Gasteiger partial charge in [-0.25, -0.2) is 0 Å². The third-order valence-corrected chi connectivity index (χ3v) is 19.3. The molecule has 92 heavy (non-hydrogen) atoms. The molecule has 0 spiro atoms. The van der Waals surface area contributed by atoms with Gasteiger partial charge in [0.25, 0.3) is 0 Å². The summed E-state index contributed by atoms with van der Waals surface area (Å²) in [6, 6.07) is 0. The Bertz CT molecular complexity index is 1900. The Morgan fingerprint density at radius 3 is 0.609 bits per heavy atom. The van der Waals surface area contributed by atoms with Crippen molar-refractivity contribution in [1.82, 2.24) is 0 Å². The van der Waals surface area contributed by atoms with Crippen LogP contribution in [0, 0.1) is 23.7 Å². The van der Waals surface area contributed by atoms with Gasteiger partial charge in [-0.05, 0) is 51.4 Å². The van der Waals surface area contributed by atoms with Crippen molar-refractivity contribution in [3.63, 3.8) is 0 Å². The van der Waals surface area contributed by atoms with E-state index < -0.39 is 197 Å². The van der Waals surface area contributed by atoms with Gasteiger partial charge in [0.1, 0.15) is 97.7 Å². The minimum atomic E-state index is -1.52. The quantitative estimate of drug-likeness (QED) is 0.0687.